The van der Waals surface area contributed by atoms with Crippen molar-refractivity contribution >= 4 is 21.9 Å². The number of aryl methyl sites for hydroxylation is 2. The molecule has 5 aromatic rings. The molecule has 0 aliphatic carbocycles. The summed E-state index contributed by atoms with van der Waals surface area (Å²) in [4.78, 5) is 13.9. The first kappa shape index (κ1) is 29.3. The highest BCUT2D eigenvalue weighted by Crippen LogP contribution is 2.50. The maximum atomic E-state index is 13.9. The van der Waals surface area contributed by atoms with E-state index in [1.165, 1.54) is 0 Å². The molecular weight excluding hydrogens is 562 g/mol. The highest BCUT2D eigenvalue weighted by Gasteiger charge is 2.31. The topological polar surface area (TPSA) is 90.5 Å². The largest absolute Gasteiger partial charge is 0.493 e. The second-order valence-electron chi connectivity index (χ2n) is 11.3. The molecule has 3 aromatic carbocycles. The molecule has 0 spiro atoms. The molecule has 0 bridgehead atoms. The Morgan fingerprint density at radius 3 is 1.98 bits per heavy atom. The van der Waals surface area contributed by atoms with Crippen LogP contribution in [0, 0.1) is 0 Å². The smallest absolute Gasteiger partial charge is 0.361 e. The quantitative estimate of drug-likeness (QED) is 0.164. The lowest BCUT2D eigenvalue weighted by Crippen LogP contribution is -2.15. The van der Waals surface area contributed by atoms with E-state index >= 15 is 0 Å². The van der Waals surface area contributed by atoms with E-state index in [9.17, 15) is 4.79 Å². The fraction of sp³-hybridized carbons (Fsp3) is 0.343. The van der Waals surface area contributed by atoms with Gasteiger partial charge >= 0.3 is 5.63 Å². The fourth-order valence-corrected chi connectivity index (χ4v) is 6.11. The summed E-state index contributed by atoms with van der Waals surface area (Å²) in [6.45, 7) is 8.38. The van der Waals surface area contributed by atoms with Gasteiger partial charge in [-0.25, -0.2) is 4.79 Å². The predicted octanol–water partition coefficient (Wildman–Crippen LogP) is 7.25. The van der Waals surface area contributed by atoms with Gasteiger partial charge in [-0.2, -0.15) is 0 Å². The summed E-state index contributed by atoms with van der Waals surface area (Å²) in [7, 11) is 6.47. The number of hydrogen-bond acceptors (Lipinski definition) is 8. The molecule has 0 amide bonds. The molecule has 1 aliphatic rings. The molecule has 230 valence electrons. The molecule has 0 saturated carbocycles. The first-order chi connectivity index (χ1) is 21.2. The van der Waals surface area contributed by atoms with E-state index in [1.54, 1.807) is 34.5 Å². The van der Waals surface area contributed by atoms with Crippen LogP contribution in [0.4, 0.5) is 0 Å². The van der Waals surface area contributed by atoms with Crippen LogP contribution in [0.3, 0.4) is 0 Å². The van der Waals surface area contributed by atoms with Crippen molar-refractivity contribution in [3.8, 4) is 56.9 Å². The van der Waals surface area contributed by atoms with Crippen LogP contribution in [0.15, 0.2) is 51.7 Å². The van der Waals surface area contributed by atoms with E-state index in [0.29, 0.717) is 58.6 Å². The molecule has 1 aliphatic heterocycles. The number of ether oxygens (including phenoxy) is 6. The zero-order valence-corrected chi connectivity index (χ0v) is 26.3. The Morgan fingerprint density at radius 1 is 0.727 bits per heavy atom. The van der Waals surface area contributed by atoms with Crippen molar-refractivity contribution in [1.82, 2.24) is 4.57 Å². The van der Waals surface area contributed by atoms with Gasteiger partial charge in [0.2, 0.25) is 0 Å². The molecular formula is C35H37NO8. The Kier molecular flexibility index (Phi) is 7.57. The van der Waals surface area contributed by atoms with Crippen LogP contribution in [0.5, 0.6) is 34.5 Å². The predicted molar refractivity (Wildman–Crippen MR) is 170 cm³/mol. The summed E-state index contributed by atoms with van der Waals surface area (Å²) < 4.78 is 43.0. The van der Waals surface area contributed by atoms with Crippen LogP contribution < -0.4 is 34.0 Å². The molecule has 2 aromatic heterocycles. The maximum absolute atomic E-state index is 13.9. The highest BCUT2D eigenvalue weighted by atomic mass is 16.5. The van der Waals surface area contributed by atoms with Crippen molar-refractivity contribution in [3.05, 3.63) is 58.4 Å². The summed E-state index contributed by atoms with van der Waals surface area (Å²) >= 11 is 0. The van der Waals surface area contributed by atoms with Gasteiger partial charge < -0.3 is 37.4 Å². The Hall–Kier alpha value is -4.79. The van der Waals surface area contributed by atoms with E-state index in [4.69, 9.17) is 32.8 Å². The summed E-state index contributed by atoms with van der Waals surface area (Å²) in [5.74, 6) is 3.52. The molecule has 0 atom stereocenters. The second kappa shape index (κ2) is 11.4. The number of fused-ring (bicyclic) bond motifs is 7. The molecule has 6 rings (SSSR count). The first-order valence-electron chi connectivity index (χ1n) is 14.7. The second-order valence-corrected chi connectivity index (χ2v) is 11.3. The van der Waals surface area contributed by atoms with Gasteiger partial charge in [-0.05, 0) is 75.6 Å². The lowest BCUT2D eigenvalue weighted by atomic mass is 9.91. The van der Waals surface area contributed by atoms with Gasteiger partial charge in [-0.15, -0.1) is 0 Å². The van der Waals surface area contributed by atoms with Gasteiger partial charge in [0.1, 0.15) is 11.1 Å². The molecule has 44 heavy (non-hydrogen) atoms. The van der Waals surface area contributed by atoms with Gasteiger partial charge in [-0.3, -0.25) is 0 Å². The number of aromatic nitrogens is 1. The van der Waals surface area contributed by atoms with Crippen LogP contribution in [-0.2, 0) is 13.0 Å². The fourth-order valence-electron chi connectivity index (χ4n) is 6.11. The number of methoxy groups -OCH3 is 4. The van der Waals surface area contributed by atoms with Crippen molar-refractivity contribution in [1.29, 1.82) is 0 Å². The Morgan fingerprint density at radius 2 is 1.34 bits per heavy atom. The van der Waals surface area contributed by atoms with Crippen molar-refractivity contribution in [2.45, 2.75) is 52.9 Å². The molecule has 3 heterocycles. The maximum Gasteiger partial charge on any atom is 0.361 e. The van der Waals surface area contributed by atoms with E-state index in [0.717, 1.165) is 38.7 Å². The van der Waals surface area contributed by atoms with Crippen molar-refractivity contribution in [3.63, 3.8) is 0 Å². The third-order valence-corrected chi connectivity index (χ3v) is 7.84. The van der Waals surface area contributed by atoms with Crippen LogP contribution in [-0.4, -0.2) is 45.2 Å². The molecule has 9 nitrogen and oxygen atoms in total. The molecule has 0 saturated heterocycles. The number of benzene rings is 3. The van der Waals surface area contributed by atoms with Crippen LogP contribution in [0.25, 0.3) is 44.3 Å². The number of rotatable bonds is 9. The van der Waals surface area contributed by atoms with E-state index in [2.05, 4.69) is 4.57 Å². The minimum absolute atomic E-state index is 0.0761. The average molecular weight is 600 g/mol. The molecule has 0 N–H and O–H groups in total. The van der Waals surface area contributed by atoms with E-state index in [-0.39, 0.29) is 12.2 Å². The standard InChI is InChI=1S/C35H37NO8/c1-18(2)42-29-14-21(9-10-24(29)38-5)31-32-23-16-28(41-8)30(43-19(3)4)17-25(23)44-35(37)34(32)36-12-11-20-13-26(39-6)27(40-7)15-22(20)33(31)36/h9-10,13-19H,11-12H2,1-8H3. The van der Waals surface area contributed by atoms with Crippen molar-refractivity contribution < 1.29 is 32.8 Å². The molecule has 0 unspecified atom stereocenters. The van der Waals surface area contributed by atoms with Gasteiger partial charge in [0.25, 0.3) is 0 Å². The van der Waals surface area contributed by atoms with Gasteiger partial charge in [0.15, 0.2) is 34.5 Å². The Balaban J connectivity index is 1.78. The molecule has 0 fully saturated rings. The van der Waals surface area contributed by atoms with Crippen LogP contribution in [0.1, 0.15) is 33.3 Å². The minimum atomic E-state index is -0.434. The highest BCUT2D eigenvalue weighted by molar-refractivity contribution is 6.17. The summed E-state index contributed by atoms with van der Waals surface area (Å²) in [6, 6.07) is 13.5. The average Bonchev–Trinajstić information content (AvgIpc) is 3.36. The zero-order chi connectivity index (χ0) is 31.3. The van der Waals surface area contributed by atoms with E-state index in [1.807, 2.05) is 64.1 Å². The van der Waals surface area contributed by atoms with Gasteiger partial charge in [0.05, 0.1) is 46.3 Å². The van der Waals surface area contributed by atoms with Crippen molar-refractivity contribution in [2.24, 2.45) is 0 Å². The third-order valence-electron chi connectivity index (χ3n) is 7.84. The summed E-state index contributed by atoms with van der Waals surface area (Å²) in [5.41, 5.74) is 5.08. The Bertz CT molecular complexity index is 1950. The van der Waals surface area contributed by atoms with Gasteiger partial charge in [0, 0.05) is 34.5 Å². The molecule has 9 heteroatoms. The summed E-state index contributed by atoms with van der Waals surface area (Å²) in [5, 5.41) is 1.48. The van der Waals surface area contributed by atoms with Crippen LogP contribution in [0.2, 0.25) is 0 Å². The van der Waals surface area contributed by atoms with Crippen LogP contribution >= 0.6 is 0 Å². The summed E-state index contributed by atoms with van der Waals surface area (Å²) in [6.07, 6.45) is 0.516. The van der Waals surface area contributed by atoms with E-state index < -0.39 is 5.63 Å². The Labute approximate surface area is 255 Å². The van der Waals surface area contributed by atoms with Gasteiger partial charge in [-0.1, -0.05) is 6.07 Å². The number of hydrogen-bond donors (Lipinski definition) is 0. The number of nitrogens with zero attached hydrogens (tertiary/aromatic N) is 1. The SMILES string of the molecule is COc1cc2c(cc1OC)-c1c(-c3ccc(OC)c(OC(C)C)c3)c3c4cc(OC)c(OC(C)C)cc4oc(=O)c3n1CC2. The normalized spacial score (nSPS) is 12.4. The minimum Gasteiger partial charge on any atom is -0.493 e. The first-order valence-corrected chi connectivity index (χ1v) is 14.7. The molecule has 0 radical (unpaired) electrons. The lowest BCUT2D eigenvalue weighted by Gasteiger charge is -2.23. The lowest BCUT2D eigenvalue weighted by molar-refractivity contribution is 0.230. The zero-order valence-electron chi connectivity index (χ0n) is 26.3. The van der Waals surface area contributed by atoms with Crippen molar-refractivity contribution in [2.75, 3.05) is 28.4 Å². The third kappa shape index (κ3) is 4.76. The monoisotopic (exact) mass is 599 g/mol.